The zero-order chi connectivity index (χ0) is 16.9. The summed E-state index contributed by atoms with van der Waals surface area (Å²) >= 11 is 12.8. The molecule has 1 aromatic carbocycles. The molecule has 1 aromatic rings. The van der Waals surface area contributed by atoms with Crippen LogP contribution in [0, 0.1) is 5.92 Å². The van der Waals surface area contributed by atoms with Crippen molar-refractivity contribution in [2.45, 2.75) is 18.9 Å². The zero-order valence-corrected chi connectivity index (χ0v) is 14.5. The van der Waals surface area contributed by atoms with Crippen molar-refractivity contribution in [1.82, 2.24) is 0 Å². The van der Waals surface area contributed by atoms with Crippen molar-refractivity contribution in [2.24, 2.45) is 5.92 Å². The normalized spacial score (nSPS) is 26.0. The highest BCUT2D eigenvalue weighted by Crippen LogP contribution is 2.55. The van der Waals surface area contributed by atoms with Crippen molar-refractivity contribution >= 4 is 29.0 Å². The van der Waals surface area contributed by atoms with Crippen LogP contribution in [0.5, 0.6) is 17.2 Å². The second kappa shape index (κ2) is 5.46. The molecule has 0 saturated carbocycles. The molecule has 0 bridgehead atoms. The highest BCUT2D eigenvalue weighted by atomic mass is 35.5. The molecule has 6 heteroatoms. The average molecular weight is 355 g/mol. The molecule has 1 heterocycles. The SMILES string of the molecule is C=C1C=C(Cl)C2(Oc3c(Cl)c(OC)cc(OC)c3C2=O)C(C)C1. The Morgan fingerprint density at radius 3 is 2.52 bits per heavy atom. The van der Waals surface area contributed by atoms with Crippen molar-refractivity contribution in [3.63, 3.8) is 0 Å². The molecule has 0 amide bonds. The van der Waals surface area contributed by atoms with Crippen LogP contribution in [0.2, 0.25) is 5.02 Å². The molecular formula is C17H16Cl2O4. The molecule has 1 aliphatic carbocycles. The Hall–Kier alpha value is -1.65. The molecule has 0 fully saturated rings. The molecule has 0 N–H and O–H groups in total. The lowest BCUT2D eigenvalue weighted by Crippen LogP contribution is -2.48. The molecule has 4 nitrogen and oxygen atoms in total. The van der Waals surface area contributed by atoms with Crippen LogP contribution in [-0.4, -0.2) is 25.6 Å². The van der Waals surface area contributed by atoms with E-state index in [1.54, 1.807) is 12.1 Å². The van der Waals surface area contributed by atoms with Crippen LogP contribution in [0.15, 0.2) is 29.3 Å². The summed E-state index contributed by atoms with van der Waals surface area (Å²) in [7, 11) is 2.96. The molecule has 122 valence electrons. The minimum Gasteiger partial charge on any atom is -0.496 e. The fourth-order valence-corrected chi connectivity index (χ4v) is 3.93. The van der Waals surface area contributed by atoms with Crippen LogP contribution in [-0.2, 0) is 0 Å². The molecule has 0 saturated heterocycles. The van der Waals surface area contributed by atoms with Gasteiger partial charge in [-0.05, 0) is 12.5 Å². The number of benzene rings is 1. The first-order chi connectivity index (χ1) is 10.9. The number of ketones is 1. The molecule has 23 heavy (non-hydrogen) atoms. The van der Waals surface area contributed by atoms with E-state index in [2.05, 4.69) is 6.58 Å². The predicted octanol–water partition coefficient (Wildman–Crippen LogP) is 4.39. The highest BCUT2D eigenvalue weighted by molar-refractivity contribution is 6.37. The highest BCUT2D eigenvalue weighted by Gasteiger charge is 2.57. The Morgan fingerprint density at radius 1 is 1.30 bits per heavy atom. The first-order valence-corrected chi connectivity index (χ1v) is 7.86. The topological polar surface area (TPSA) is 44.8 Å². The molecule has 0 radical (unpaired) electrons. The third-order valence-corrected chi connectivity index (χ3v) is 5.11. The lowest BCUT2D eigenvalue weighted by molar-refractivity contribution is 0.0505. The van der Waals surface area contributed by atoms with Crippen molar-refractivity contribution < 1.29 is 19.0 Å². The van der Waals surface area contributed by atoms with Gasteiger partial charge in [0.05, 0.1) is 19.3 Å². The van der Waals surface area contributed by atoms with Gasteiger partial charge in [-0.1, -0.05) is 42.3 Å². The predicted molar refractivity (Wildman–Crippen MR) is 89.1 cm³/mol. The van der Waals surface area contributed by atoms with Crippen LogP contribution in [0.1, 0.15) is 23.7 Å². The largest absolute Gasteiger partial charge is 0.496 e. The quantitative estimate of drug-likeness (QED) is 0.789. The monoisotopic (exact) mass is 354 g/mol. The number of ether oxygens (including phenoxy) is 3. The number of hydrogen-bond acceptors (Lipinski definition) is 4. The summed E-state index contributed by atoms with van der Waals surface area (Å²) in [5.41, 5.74) is -0.130. The summed E-state index contributed by atoms with van der Waals surface area (Å²) in [6, 6.07) is 1.57. The maximum atomic E-state index is 13.2. The Kier molecular flexibility index (Phi) is 3.85. The zero-order valence-electron chi connectivity index (χ0n) is 13.0. The Labute approximate surface area is 144 Å². The summed E-state index contributed by atoms with van der Waals surface area (Å²) in [6.45, 7) is 5.83. The van der Waals surface area contributed by atoms with E-state index in [1.165, 1.54) is 14.2 Å². The number of carbonyl (C=O) groups is 1. The van der Waals surface area contributed by atoms with Crippen molar-refractivity contribution in [1.29, 1.82) is 0 Å². The summed E-state index contributed by atoms with van der Waals surface area (Å²) in [5.74, 6) is 0.539. The van der Waals surface area contributed by atoms with Gasteiger partial charge in [-0.2, -0.15) is 0 Å². The maximum absolute atomic E-state index is 13.2. The fourth-order valence-electron chi connectivity index (χ4n) is 3.20. The van der Waals surface area contributed by atoms with E-state index in [4.69, 9.17) is 37.4 Å². The summed E-state index contributed by atoms with van der Waals surface area (Å²) in [6.07, 6.45) is 2.29. The summed E-state index contributed by atoms with van der Waals surface area (Å²) in [4.78, 5) is 13.2. The third kappa shape index (κ3) is 2.08. The Balaban J connectivity index is 2.25. The minimum atomic E-state index is -1.28. The van der Waals surface area contributed by atoms with Crippen LogP contribution in [0.4, 0.5) is 0 Å². The number of hydrogen-bond donors (Lipinski definition) is 0. The Bertz CT molecular complexity index is 753. The van der Waals surface area contributed by atoms with Crippen molar-refractivity contribution in [3.8, 4) is 17.2 Å². The van der Waals surface area contributed by atoms with Crippen molar-refractivity contribution in [2.75, 3.05) is 14.2 Å². The number of Topliss-reactive ketones (excluding diaryl/α,β-unsaturated/α-hetero) is 1. The van der Waals surface area contributed by atoms with Crippen LogP contribution in [0.25, 0.3) is 0 Å². The number of allylic oxidation sites excluding steroid dienone is 2. The number of methoxy groups -OCH3 is 2. The molecule has 2 unspecified atom stereocenters. The molecule has 1 spiro atoms. The standard InChI is InChI=1S/C17H16Cl2O4/c1-8-5-9(2)17(12(18)6-8)16(20)13-10(21-3)7-11(22-4)14(19)15(13)23-17/h6-7,9H,1,5H2,2-4H3. The van der Waals surface area contributed by atoms with E-state index >= 15 is 0 Å². The fraction of sp³-hybridized carbons (Fsp3) is 0.353. The van der Waals surface area contributed by atoms with Gasteiger partial charge < -0.3 is 14.2 Å². The van der Waals surface area contributed by atoms with Gasteiger partial charge in [0, 0.05) is 12.0 Å². The molecular weight excluding hydrogens is 339 g/mol. The van der Waals surface area contributed by atoms with Gasteiger partial charge in [-0.15, -0.1) is 0 Å². The van der Waals surface area contributed by atoms with Gasteiger partial charge in [0.2, 0.25) is 11.4 Å². The Morgan fingerprint density at radius 2 is 1.96 bits per heavy atom. The molecule has 3 rings (SSSR count). The molecule has 0 aromatic heterocycles. The van der Waals surface area contributed by atoms with Gasteiger partial charge in [0.15, 0.2) is 5.75 Å². The van der Waals surface area contributed by atoms with Gasteiger partial charge in [-0.25, -0.2) is 0 Å². The third-order valence-electron chi connectivity index (χ3n) is 4.37. The van der Waals surface area contributed by atoms with Gasteiger partial charge >= 0.3 is 0 Å². The van der Waals surface area contributed by atoms with E-state index in [9.17, 15) is 4.79 Å². The summed E-state index contributed by atoms with van der Waals surface area (Å²) < 4.78 is 16.6. The van der Waals surface area contributed by atoms with Crippen molar-refractivity contribution in [3.05, 3.63) is 39.9 Å². The van der Waals surface area contributed by atoms with Gasteiger partial charge in [0.25, 0.3) is 0 Å². The first kappa shape index (κ1) is 16.2. The van der Waals surface area contributed by atoms with E-state index in [0.717, 1.165) is 5.57 Å². The molecule has 2 aliphatic rings. The van der Waals surface area contributed by atoms with E-state index in [-0.39, 0.29) is 22.5 Å². The second-order valence-corrected chi connectivity index (χ2v) is 6.51. The van der Waals surface area contributed by atoms with Crippen LogP contribution >= 0.6 is 23.2 Å². The molecule has 1 aliphatic heterocycles. The van der Waals surface area contributed by atoms with Gasteiger partial charge in [-0.3, -0.25) is 4.79 Å². The number of carbonyl (C=O) groups excluding carboxylic acids is 1. The maximum Gasteiger partial charge on any atom is 0.219 e. The van der Waals surface area contributed by atoms with E-state index in [1.807, 2.05) is 6.92 Å². The lowest BCUT2D eigenvalue weighted by atomic mass is 9.76. The lowest BCUT2D eigenvalue weighted by Gasteiger charge is -2.36. The van der Waals surface area contributed by atoms with E-state index in [0.29, 0.717) is 28.5 Å². The minimum absolute atomic E-state index is 0.181. The smallest absolute Gasteiger partial charge is 0.219 e. The summed E-state index contributed by atoms with van der Waals surface area (Å²) in [5, 5.41) is 0.536. The van der Waals surface area contributed by atoms with Gasteiger partial charge in [0.1, 0.15) is 22.1 Å². The van der Waals surface area contributed by atoms with E-state index < -0.39 is 5.60 Å². The van der Waals surface area contributed by atoms with Crippen LogP contribution in [0.3, 0.4) is 0 Å². The average Bonchev–Trinajstić information content (AvgIpc) is 2.82. The number of rotatable bonds is 2. The number of fused-ring (bicyclic) bond motifs is 1. The molecule has 2 atom stereocenters. The van der Waals surface area contributed by atoms with Crippen LogP contribution < -0.4 is 14.2 Å². The first-order valence-electron chi connectivity index (χ1n) is 7.10. The second-order valence-electron chi connectivity index (χ2n) is 5.72. The number of halogens is 2.